The number of rotatable bonds is 6. The van der Waals surface area contributed by atoms with Crippen LogP contribution in [0.5, 0.6) is 5.75 Å². The van der Waals surface area contributed by atoms with E-state index in [1.54, 1.807) is 7.11 Å². The molecule has 6 rings (SSSR count). The van der Waals surface area contributed by atoms with Gasteiger partial charge in [0, 0.05) is 11.1 Å². The van der Waals surface area contributed by atoms with Gasteiger partial charge in [0.25, 0.3) is 0 Å². The monoisotopic (exact) mass is 562 g/mol. The van der Waals surface area contributed by atoms with Gasteiger partial charge >= 0.3 is 0 Å². The molecule has 0 fully saturated rings. The summed E-state index contributed by atoms with van der Waals surface area (Å²) < 4.78 is 5.89. The van der Waals surface area contributed by atoms with Crippen molar-refractivity contribution >= 4 is 0 Å². The van der Waals surface area contributed by atoms with E-state index in [1.165, 1.54) is 38.9 Å². The molecule has 0 aliphatic carbocycles. The van der Waals surface area contributed by atoms with Gasteiger partial charge in [-0.3, -0.25) is 0 Å². The van der Waals surface area contributed by atoms with Gasteiger partial charge in [-0.2, -0.15) is 0 Å². The average Bonchev–Trinajstić information content (AvgIpc) is 3.10. The minimum absolute atomic E-state index is 0.897. The zero-order chi connectivity index (χ0) is 30.6. The van der Waals surface area contributed by atoms with E-state index in [1.807, 2.05) is 33.8 Å². The molecule has 6 aromatic rings. The lowest BCUT2D eigenvalue weighted by molar-refractivity contribution is 0.418. The summed E-state index contributed by atoms with van der Waals surface area (Å²) in [6.45, 7) is 10.1. The highest BCUT2D eigenvalue weighted by Gasteiger charge is 2.12. The number of methoxy groups -OCH3 is 1. The number of hydrogen-bond acceptors (Lipinski definition) is 1. The zero-order valence-electron chi connectivity index (χ0n) is 26.3. The fourth-order valence-electron chi connectivity index (χ4n) is 5.13. The third-order valence-electron chi connectivity index (χ3n) is 7.32. The Morgan fingerprint density at radius 3 is 0.977 bits per heavy atom. The summed E-state index contributed by atoms with van der Waals surface area (Å²) in [7, 11) is 1.75. The molecule has 0 radical (unpaired) electrons. The second kappa shape index (κ2) is 15.4. The van der Waals surface area contributed by atoms with Gasteiger partial charge in [-0.15, -0.1) is 0 Å². The molecule has 0 spiro atoms. The van der Waals surface area contributed by atoms with Crippen LogP contribution in [-0.2, 0) is 0 Å². The van der Waals surface area contributed by atoms with E-state index >= 15 is 0 Å². The van der Waals surface area contributed by atoms with Crippen molar-refractivity contribution in [1.82, 2.24) is 0 Å². The smallest absolute Gasteiger partial charge is 0.134 e. The summed E-state index contributed by atoms with van der Waals surface area (Å²) in [4.78, 5) is 0. The van der Waals surface area contributed by atoms with Crippen LogP contribution in [0.1, 0.15) is 33.3 Å². The molecule has 0 bridgehead atoms. The van der Waals surface area contributed by atoms with Crippen LogP contribution in [0.3, 0.4) is 0 Å². The summed E-state index contributed by atoms with van der Waals surface area (Å²) in [6.07, 6.45) is 0. The first kappa shape index (κ1) is 31.1. The third-order valence-corrected chi connectivity index (χ3v) is 7.32. The standard InChI is InChI=1S/C38H30O.2C2H6/c1-27-11-13-28(14-12-27)29-15-17-30(18-16-29)31-19-21-32(22-20-31)33-23-25-35(26-24-33)37-10-6-9-36(38(37)39-2)34-7-4-3-5-8-34;2*1-2/h3-26H,1-2H3;2*1-2H3. The summed E-state index contributed by atoms with van der Waals surface area (Å²) >= 11 is 0. The van der Waals surface area contributed by atoms with Gasteiger partial charge in [0.2, 0.25) is 0 Å². The van der Waals surface area contributed by atoms with Crippen molar-refractivity contribution in [3.8, 4) is 61.4 Å². The van der Waals surface area contributed by atoms with Crippen LogP contribution in [0, 0.1) is 6.92 Å². The summed E-state index contributed by atoms with van der Waals surface area (Å²) in [5.41, 5.74) is 13.1. The quantitative estimate of drug-likeness (QED) is 0.196. The first-order valence-corrected chi connectivity index (χ1v) is 15.3. The fraction of sp³-hybridized carbons (Fsp3) is 0.143. The van der Waals surface area contributed by atoms with Crippen LogP contribution in [0.2, 0.25) is 0 Å². The molecular weight excluding hydrogens is 520 g/mol. The highest BCUT2D eigenvalue weighted by Crippen LogP contribution is 2.39. The zero-order valence-corrected chi connectivity index (χ0v) is 26.3. The van der Waals surface area contributed by atoms with E-state index in [9.17, 15) is 0 Å². The Morgan fingerprint density at radius 1 is 0.326 bits per heavy atom. The number of hydrogen-bond donors (Lipinski definition) is 0. The van der Waals surface area contributed by atoms with Gasteiger partial charge < -0.3 is 4.74 Å². The van der Waals surface area contributed by atoms with Crippen LogP contribution in [0.15, 0.2) is 146 Å². The number of para-hydroxylation sites is 1. The Balaban J connectivity index is 0.00000102. The summed E-state index contributed by atoms with van der Waals surface area (Å²) in [5, 5.41) is 0. The predicted octanol–water partition coefficient (Wildman–Crippen LogP) is 12.4. The Hall–Kier alpha value is -4.88. The van der Waals surface area contributed by atoms with E-state index in [2.05, 4.69) is 146 Å². The van der Waals surface area contributed by atoms with Gasteiger partial charge in [-0.1, -0.05) is 179 Å². The second-order valence-electron chi connectivity index (χ2n) is 9.85. The molecule has 0 unspecified atom stereocenters. The molecule has 0 saturated carbocycles. The molecule has 0 amide bonds. The van der Waals surface area contributed by atoms with Crippen LogP contribution in [0.25, 0.3) is 55.6 Å². The molecule has 6 aromatic carbocycles. The highest BCUT2D eigenvalue weighted by atomic mass is 16.5. The molecule has 1 nitrogen and oxygen atoms in total. The Kier molecular flexibility index (Phi) is 11.1. The van der Waals surface area contributed by atoms with Crippen LogP contribution >= 0.6 is 0 Å². The lowest BCUT2D eigenvalue weighted by atomic mass is 9.95. The van der Waals surface area contributed by atoms with Crippen molar-refractivity contribution in [1.29, 1.82) is 0 Å². The molecule has 1 heteroatoms. The summed E-state index contributed by atoms with van der Waals surface area (Å²) in [6, 6.07) is 51.8. The normalized spacial score (nSPS) is 10.1. The molecule has 0 heterocycles. The van der Waals surface area contributed by atoms with Crippen molar-refractivity contribution < 1.29 is 4.74 Å². The van der Waals surface area contributed by atoms with Gasteiger partial charge in [-0.05, 0) is 51.4 Å². The maximum Gasteiger partial charge on any atom is 0.134 e. The van der Waals surface area contributed by atoms with Gasteiger partial charge in [-0.25, -0.2) is 0 Å². The lowest BCUT2D eigenvalue weighted by Gasteiger charge is -2.14. The first-order chi connectivity index (χ1) is 21.2. The Labute approximate surface area is 258 Å². The summed E-state index contributed by atoms with van der Waals surface area (Å²) in [5.74, 6) is 0.897. The first-order valence-electron chi connectivity index (χ1n) is 15.3. The van der Waals surface area contributed by atoms with Crippen LogP contribution in [0.4, 0.5) is 0 Å². The second-order valence-corrected chi connectivity index (χ2v) is 9.85. The molecule has 0 atom stereocenters. The molecule has 43 heavy (non-hydrogen) atoms. The minimum atomic E-state index is 0.897. The molecule has 216 valence electrons. The van der Waals surface area contributed by atoms with Crippen molar-refractivity contribution in [3.05, 3.63) is 151 Å². The molecule has 0 aliphatic rings. The van der Waals surface area contributed by atoms with E-state index in [4.69, 9.17) is 4.74 Å². The van der Waals surface area contributed by atoms with Crippen molar-refractivity contribution in [2.75, 3.05) is 7.11 Å². The van der Waals surface area contributed by atoms with Gasteiger partial charge in [0.1, 0.15) is 5.75 Å². The van der Waals surface area contributed by atoms with Crippen molar-refractivity contribution in [2.45, 2.75) is 34.6 Å². The number of aryl methyl sites for hydroxylation is 1. The van der Waals surface area contributed by atoms with E-state index in [-0.39, 0.29) is 0 Å². The number of ether oxygens (including phenoxy) is 1. The fourth-order valence-corrected chi connectivity index (χ4v) is 5.13. The molecule has 0 aliphatic heterocycles. The van der Waals surface area contributed by atoms with Crippen molar-refractivity contribution in [2.24, 2.45) is 0 Å². The third kappa shape index (κ3) is 7.31. The van der Waals surface area contributed by atoms with Gasteiger partial charge in [0.05, 0.1) is 7.11 Å². The minimum Gasteiger partial charge on any atom is -0.495 e. The van der Waals surface area contributed by atoms with Crippen molar-refractivity contribution in [3.63, 3.8) is 0 Å². The molecule has 0 aromatic heterocycles. The maximum atomic E-state index is 5.89. The highest BCUT2D eigenvalue weighted by molar-refractivity contribution is 5.83. The average molecular weight is 563 g/mol. The maximum absolute atomic E-state index is 5.89. The number of benzene rings is 6. The molecular formula is C42H42O. The largest absolute Gasteiger partial charge is 0.495 e. The topological polar surface area (TPSA) is 9.23 Å². The predicted molar refractivity (Wildman–Crippen MR) is 188 cm³/mol. The van der Waals surface area contributed by atoms with E-state index in [0.29, 0.717) is 0 Å². The molecule has 0 N–H and O–H groups in total. The van der Waals surface area contributed by atoms with E-state index in [0.717, 1.165) is 28.0 Å². The molecule has 0 saturated heterocycles. The SMILES string of the molecule is CC.CC.COc1c(-c2ccccc2)cccc1-c1ccc(-c2ccc(-c3ccc(-c4ccc(C)cc4)cc3)cc2)cc1. The van der Waals surface area contributed by atoms with Gasteiger partial charge in [0.15, 0.2) is 0 Å². The Morgan fingerprint density at radius 2 is 0.628 bits per heavy atom. The van der Waals surface area contributed by atoms with E-state index < -0.39 is 0 Å². The Bertz CT molecular complexity index is 1680. The lowest BCUT2D eigenvalue weighted by Crippen LogP contribution is -1.92. The van der Waals surface area contributed by atoms with Crippen LogP contribution < -0.4 is 4.74 Å². The van der Waals surface area contributed by atoms with Crippen LogP contribution in [-0.4, -0.2) is 7.11 Å².